The van der Waals surface area contributed by atoms with Crippen molar-refractivity contribution in [1.29, 1.82) is 0 Å². The van der Waals surface area contributed by atoms with E-state index in [0.717, 1.165) is 0 Å². The first-order chi connectivity index (χ1) is 4.84. The maximum absolute atomic E-state index is 10.8. The average Bonchev–Trinajstić information content (AvgIpc) is 2.05. The number of ether oxygens (including phenoxy) is 1. The number of carbonyl (C=O) groups excluding carboxylic acids is 1. The van der Waals surface area contributed by atoms with Crippen molar-refractivity contribution in [3.05, 3.63) is 0 Å². The molecule has 1 rings (SSSR count). The highest BCUT2D eigenvalue weighted by atomic mass is 16.5. The van der Waals surface area contributed by atoms with Gasteiger partial charge in [-0.1, -0.05) is 0 Å². The topological polar surface area (TPSA) is 51.0 Å². The maximum atomic E-state index is 10.8. The number of hydrogen-bond acceptors (Lipinski definition) is 4. The molecule has 0 bridgehead atoms. The minimum Gasteiger partial charge on any atom is -0.468 e. The lowest BCUT2D eigenvalue weighted by atomic mass is 10.2. The predicted octanol–water partition coefficient (Wildman–Crippen LogP) is -0.112. The van der Waals surface area contributed by atoms with Crippen molar-refractivity contribution in [2.24, 2.45) is 15.9 Å². The van der Waals surface area contributed by atoms with Gasteiger partial charge < -0.3 is 4.74 Å². The van der Waals surface area contributed by atoms with Crippen molar-refractivity contribution < 1.29 is 9.53 Å². The molecule has 10 heavy (non-hydrogen) atoms. The predicted molar refractivity (Wildman–Crippen MR) is 37.4 cm³/mol. The van der Waals surface area contributed by atoms with Gasteiger partial charge in [0, 0.05) is 12.4 Å². The normalized spacial score (nSPS) is 17.3. The number of carbonyl (C=O) groups is 1. The molecule has 0 N–H and O–H groups in total. The molecule has 0 unspecified atom stereocenters. The molecule has 0 fully saturated rings. The van der Waals surface area contributed by atoms with E-state index in [4.69, 9.17) is 0 Å². The smallest absolute Gasteiger partial charge is 0.319 e. The summed E-state index contributed by atoms with van der Waals surface area (Å²) in [7, 11) is 1.35. The van der Waals surface area contributed by atoms with Crippen LogP contribution in [0.25, 0.3) is 0 Å². The Bertz CT molecular complexity index is 174. The second-order valence-corrected chi connectivity index (χ2v) is 1.85. The number of hydrogen-bond donors (Lipinski definition) is 0. The Morgan fingerprint density at radius 3 is 2.70 bits per heavy atom. The van der Waals surface area contributed by atoms with Crippen LogP contribution in [0.1, 0.15) is 0 Å². The van der Waals surface area contributed by atoms with E-state index in [1.165, 1.54) is 7.11 Å². The lowest BCUT2D eigenvalue weighted by Crippen LogP contribution is -2.20. The largest absolute Gasteiger partial charge is 0.468 e. The third-order valence-corrected chi connectivity index (χ3v) is 1.17. The molecule has 0 aromatic carbocycles. The number of rotatable bonds is 1. The van der Waals surface area contributed by atoms with Gasteiger partial charge in [0.25, 0.3) is 0 Å². The first kappa shape index (κ1) is 6.92. The summed E-state index contributed by atoms with van der Waals surface area (Å²) in [6.45, 7) is 0.424. The van der Waals surface area contributed by atoms with Gasteiger partial charge in [0.15, 0.2) is 0 Å². The minimum absolute atomic E-state index is 0.313. The number of aliphatic imine (C=N–C) groups is 2. The van der Waals surface area contributed by atoms with Crippen LogP contribution in [0.2, 0.25) is 0 Å². The molecule has 4 heteroatoms. The van der Waals surface area contributed by atoms with Crippen LogP contribution in [0.4, 0.5) is 0 Å². The Balaban J connectivity index is 2.55. The summed E-state index contributed by atoms with van der Waals surface area (Å²) in [6, 6.07) is 0. The molecule has 0 aromatic rings. The Labute approximate surface area is 58.6 Å². The van der Waals surface area contributed by atoms with Crippen molar-refractivity contribution in [2.75, 3.05) is 13.8 Å². The molecule has 0 saturated heterocycles. The fourth-order valence-electron chi connectivity index (χ4n) is 0.665. The Kier molecular flexibility index (Phi) is 2.15. The van der Waals surface area contributed by atoms with Crippen LogP contribution in [0.15, 0.2) is 9.98 Å². The molecule has 1 heterocycles. The number of methoxy groups -OCH3 is 1. The fraction of sp³-hybridized carbons (Fsp3) is 0.500. The van der Waals surface area contributed by atoms with Crippen LogP contribution in [0.5, 0.6) is 0 Å². The van der Waals surface area contributed by atoms with Gasteiger partial charge in [0.2, 0.25) is 0 Å². The molecule has 0 saturated carbocycles. The van der Waals surface area contributed by atoms with Crippen LogP contribution in [-0.4, -0.2) is 32.2 Å². The lowest BCUT2D eigenvalue weighted by molar-refractivity contribution is -0.140. The summed E-state index contributed by atoms with van der Waals surface area (Å²) in [5.74, 6) is -0.689. The van der Waals surface area contributed by atoms with Crippen molar-refractivity contribution in [1.82, 2.24) is 0 Å². The molecule has 4 nitrogen and oxygen atoms in total. The van der Waals surface area contributed by atoms with Crippen molar-refractivity contribution in [3.63, 3.8) is 0 Å². The van der Waals surface area contributed by atoms with Gasteiger partial charge in [-0.25, -0.2) is 0 Å². The van der Waals surface area contributed by atoms with E-state index in [1.807, 2.05) is 0 Å². The van der Waals surface area contributed by atoms with E-state index in [0.29, 0.717) is 6.67 Å². The van der Waals surface area contributed by atoms with E-state index in [2.05, 4.69) is 14.7 Å². The Morgan fingerprint density at radius 2 is 2.20 bits per heavy atom. The van der Waals surface area contributed by atoms with E-state index >= 15 is 0 Å². The molecule has 0 aromatic heterocycles. The van der Waals surface area contributed by atoms with Gasteiger partial charge in [0.05, 0.1) is 7.11 Å². The first-order valence-corrected chi connectivity index (χ1v) is 2.92. The molecule has 0 spiro atoms. The number of nitrogens with zero attached hydrogens (tertiary/aromatic N) is 2. The third kappa shape index (κ3) is 1.40. The summed E-state index contributed by atoms with van der Waals surface area (Å²) in [4.78, 5) is 18.4. The molecule has 1 aliphatic heterocycles. The fourth-order valence-corrected chi connectivity index (χ4v) is 0.665. The van der Waals surface area contributed by atoms with Gasteiger partial charge in [-0.2, -0.15) is 0 Å². The summed E-state index contributed by atoms with van der Waals surface area (Å²) < 4.78 is 4.47. The summed E-state index contributed by atoms with van der Waals surface area (Å²) in [6.07, 6.45) is 3.08. The van der Waals surface area contributed by atoms with E-state index in [1.54, 1.807) is 12.4 Å². The summed E-state index contributed by atoms with van der Waals surface area (Å²) in [5, 5.41) is 0. The van der Waals surface area contributed by atoms with Crippen LogP contribution >= 0.6 is 0 Å². The van der Waals surface area contributed by atoms with E-state index < -0.39 is 0 Å². The van der Waals surface area contributed by atoms with Gasteiger partial charge in [-0.3, -0.25) is 14.8 Å². The molecule has 0 radical (unpaired) electrons. The third-order valence-electron chi connectivity index (χ3n) is 1.17. The first-order valence-electron chi connectivity index (χ1n) is 2.92. The van der Waals surface area contributed by atoms with Gasteiger partial charge in [-0.15, -0.1) is 0 Å². The molecular formula is C6H8N2O2. The zero-order valence-electron chi connectivity index (χ0n) is 5.65. The zero-order valence-corrected chi connectivity index (χ0v) is 5.65. The highest BCUT2D eigenvalue weighted by Crippen LogP contribution is 1.96. The molecule has 0 amide bonds. The molecule has 0 aliphatic carbocycles. The van der Waals surface area contributed by atoms with Gasteiger partial charge in [-0.05, 0) is 0 Å². The number of esters is 1. The minimum atomic E-state index is -0.376. The average molecular weight is 140 g/mol. The van der Waals surface area contributed by atoms with Gasteiger partial charge >= 0.3 is 5.97 Å². The van der Waals surface area contributed by atoms with Crippen LogP contribution in [0.3, 0.4) is 0 Å². The van der Waals surface area contributed by atoms with Crippen LogP contribution in [0, 0.1) is 5.92 Å². The van der Waals surface area contributed by atoms with E-state index in [-0.39, 0.29) is 11.9 Å². The van der Waals surface area contributed by atoms with Gasteiger partial charge in [0.1, 0.15) is 12.6 Å². The maximum Gasteiger partial charge on any atom is 0.319 e. The molecule has 54 valence electrons. The zero-order chi connectivity index (χ0) is 7.40. The molecule has 1 aliphatic rings. The van der Waals surface area contributed by atoms with Crippen molar-refractivity contribution >= 4 is 18.4 Å². The summed E-state index contributed by atoms with van der Waals surface area (Å²) >= 11 is 0. The molecule has 0 atom stereocenters. The van der Waals surface area contributed by atoms with Crippen molar-refractivity contribution in [2.45, 2.75) is 0 Å². The monoisotopic (exact) mass is 140 g/mol. The highest BCUT2D eigenvalue weighted by molar-refractivity contribution is 6.05. The molecular weight excluding hydrogens is 132 g/mol. The lowest BCUT2D eigenvalue weighted by Gasteiger charge is -2.05. The Morgan fingerprint density at radius 1 is 1.60 bits per heavy atom. The van der Waals surface area contributed by atoms with E-state index in [9.17, 15) is 4.79 Å². The summed E-state index contributed by atoms with van der Waals surface area (Å²) in [5.41, 5.74) is 0. The highest BCUT2D eigenvalue weighted by Gasteiger charge is 2.14. The quantitative estimate of drug-likeness (QED) is 0.477. The second-order valence-electron chi connectivity index (χ2n) is 1.85. The van der Waals surface area contributed by atoms with Crippen molar-refractivity contribution in [3.8, 4) is 0 Å². The second kappa shape index (κ2) is 3.10. The van der Waals surface area contributed by atoms with Crippen LogP contribution in [-0.2, 0) is 9.53 Å². The Hall–Kier alpha value is -1.19. The SMILES string of the molecule is COC(=O)C1C=NCN=C1. The van der Waals surface area contributed by atoms with Crippen LogP contribution < -0.4 is 0 Å². The standard InChI is InChI=1S/C6H8N2O2/c1-10-6(9)5-2-7-4-8-3-5/h2-3,5H,4H2,1H3.